The second-order valence-electron chi connectivity index (χ2n) is 11.9. The van der Waals surface area contributed by atoms with Gasteiger partial charge in [-0.1, -0.05) is 42.8 Å². The molecule has 3 fully saturated rings. The molecule has 1 N–H and O–H groups in total. The molecular formula is C28H30ClF4N3O3S. The van der Waals surface area contributed by atoms with E-state index >= 15 is 0 Å². The maximum atomic E-state index is 14.2. The molecule has 0 unspecified atom stereocenters. The lowest BCUT2D eigenvalue weighted by atomic mass is 9.38. The number of carbonyl (C=O) groups excluding carboxylic acids is 1. The molecule has 2 bridgehead atoms. The van der Waals surface area contributed by atoms with Crippen LogP contribution in [0.3, 0.4) is 0 Å². The molecular weight excluding hydrogens is 570 g/mol. The molecule has 3 saturated carbocycles. The highest BCUT2D eigenvalue weighted by atomic mass is 35.5. The molecule has 0 amide bonds. The van der Waals surface area contributed by atoms with Crippen LogP contribution in [0.5, 0.6) is 0 Å². The molecule has 0 spiro atoms. The summed E-state index contributed by atoms with van der Waals surface area (Å²) in [6.45, 7) is 4.37. The predicted molar refractivity (Wildman–Crippen MR) is 143 cm³/mol. The molecule has 2 aromatic rings. The number of aliphatic imine (C=N–C) groups is 1. The second kappa shape index (κ2) is 9.52. The lowest BCUT2D eigenvalue weighted by Crippen LogP contribution is -2.78. The third-order valence-corrected chi connectivity index (χ3v) is 10.7. The van der Waals surface area contributed by atoms with Crippen LogP contribution in [-0.2, 0) is 21.4 Å². The first kappa shape index (κ1) is 29.0. The lowest BCUT2D eigenvalue weighted by molar-refractivity contribution is -0.174. The zero-order valence-corrected chi connectivity index (χ0v) is 23.8. The van der Waals surface area contributed by atoms with E-state index in [1.54, 1.807) is 38.1 Å². The Kier molecular flexibility index (Phi) is 6.91. The van der Waals surface area contributed by atoms with Crippen molar-refractivity contribution < 1.29 is 30.8 Å². The van der Waals surface area contributed by atoms with Crippen molar-refractivity contribution in [3.63, 3.8) is 0 Å². The summed E-state index contributed by atoms with van der Waals surface area (Å²) >= 11 is 5.83. The van der Waals surface area contributed by atoms with Gasteiger partial charge in [0.15, 0.2) is 5.78 Å². The maximum absolute atomic E-state index is 14.2. The number of benzene rings is 2. The van der Waals surface area contributed by atoms with Gasteiger partial charge < -0.3 is 5.32 Å². The number of Topliss-reactive ketones (excluding diaryl/α,β-unsaturated/α-hetero) is 1. The van der Waals surface area contributed by atoms with Crippen molar-refractivity contribution in [1.29, 1.82) is 0 Å². The third-order valence-electron chi connectivity index (χ3n) is 8.43. The van der Waals surface area contributed by atoms with Crippen LogP contribution in [0.1, 0.15) is 52.0 Å². The molecule has 2 aromatic carbocycles. The Bertz CT molecular complexity index is 1460. The molecule has 0 saturated heterocycles. The highest BCUT2D eigenvalue weighted by Crippen LogP contribution is 2.71. The van der Waals surface area contributed by atoms with Crippen molar-refractivity contribution >= 4 is 33.2 Å². The summed E-state index contributed by atoms with van der Waals surface area (Å²) in [5.41, 5.74) is -1.68. The minimum absolute atomic E-state index is 0.0626. The number of alkyl halides is 3. The minimum atomic E-state index is -4.47. The van der Waals surface area contributed by atoms with E-state index < -0.39 is 62.7 Å². The zero-order valence-electron chi connectivity index (χ0n) is 22.2. The van der Waals surface area contributed by atoms with Gasteiger partial charge in [-0.15, -0.1) is 0 Å². The van der Waals surface area contributed by atoms with Gasteiger partial charge in [0.2, 0.25) is 10.0 Å². The van der Waals surface area contributed by atoms with Crippen molar-refractivity contribution in [3.05, 3.63) is 64.9 Å². The first-order valence-corrected chi connectivity index (χ1v) is 14.8. The SMILES string of the molecule is C[C@@H](CC(=O)[C@@H]1N=C(C23CC(N(Cc4ccc(Cl)c(F)c4)S(=O)(=O)c4ccccc4)(C2)C3)NC1(C)C)C(F)(F)F. The fraction of sp³-hybridized carbons (Fsp3) is 0.500. The normalized spacial score (nSPS) is 27.8. The molecule has 3 aliphatic carbocycles. The van der Waals surface area contributed by atoms with E-state index in [9.17, 15) is 30.8 Å². The van der Waals surface area contributed by atoms with Crippen molar-refractivity contribution in [2.45, 2.75) is 81.2 Å². The van der Waals surface area contributed by atoms with Crippen LogP contribution in [0.4, 0.5) is 17.6 Å². The van der Waals surface area contributed by atoms with Crippen LogP contribution in [0, 0.1) is 17.2 Å². The summed E-state index contributed by atoms with van der Waals surface area (Å²) in [6, 6.07) is 11.2. The number of sulfonamides is 1. The van der Waals surface area contributed by atoms with Gasteiger partial charge in [0.05, 0.1) is 21.4 Å². The van der Waals surface area contributed by atoms with Crippen molar-refractivity contribution in [2.24, 2.45) is 16.3 Å². The third kappa shape index (κ3) is 4.83. The van der Waals surface area contributed by atoms with E-state index in [0.717, 1.165) is 6.92 Å². The standard InChI is InChI=1S/C28H30ClF4N3O3S/c1-17(28(31,32)33)11-22(37)23-25(2,3)35-24(34-23)26-14-27(15-26,16-26)36(13-18-9-10-20(29)21(30)12-18)40(38,39)19-7-5-4-6-8-19/h4-10,12,17,23H,11,13-16H2,1-3H3,(H,34,35)/t17-,23-,26?,27?/m0/s1. The molecule has 1 aliphatic heterocycles. The minimum Gasteiger partial charge on any atom is -0.366 e. The Balaban J connectivity index is 1.40. The number of nitrogens with zero attached hydrogens (tertiary/aromatic N) is 2. The maximum Gasteiger partial charge on any atom is 0.391 e. The van der Waals surface area contributed by atoms with Gasteiger partial charge in [0, 0.05) is 23.9 Å². The van der Waals surface area contributed by atoms with Crippen molar-refractivity contribution in [2.75, 3.05) is 0 Å². The van der Waals surface area contributed by atoms with Crippen LogP contribution in [-0.4, -0.2) is 47.6 Å². The largest absolute Gasteiger partial charge is 0.391 e. The Morgan fingerprint density at radius 3 is 2.35 bits per heavy atom. The van der Waals surface area contributed by atoms with Crippen LogP contribution in [0.2, 0.25) is 5.02 Å². The van der Waals surface area contributed by atoms with E-state index in [2.05, 4.69) is 10.3 Å². The van der Waals surface area contributed by atoms with Gasteiger partial charge in [-0.25, -0.2) is 12.8 Å². The van der Waals surface area contributed by atoms with Crippen LogP contribution < -0.4 is 5.32 Å². The number of nitrogens with one attached hydrogen (secondary N) is 1. The van der Waals surface area contributed by atoms with Gasteiger partial charge in [-0.3, -0.25) is 9.79 Å². The summed E-state index contributed by atoms with van der Waals surface area (Å²) in [6.07, 6.45) is -3.87. The average molecular weight is 600 g/mol. The number of halogens is 5. The molecule has 0 radical (unpaired) electrons. The first-order valence-electron chi connectivity index (χ1n) is 13.0. The molecule has 216 valence electrons. The Labute approximate surface area is 235 Å². The van der Waals surface area contributed by atoms with Gasteiger partial charge in [-0.05, 0) is 62.9 Å². The number of hydrogen-bond donors (Lipinski definition) is 1. The monoisotopic (exact) mass is 599 g/mol. The van der Waals surface area contributed by atoms with Gasteiger partial charge in [0.25, 0.3) is 0 Å². The summed E-state index contributed by atoms with van der Waals surface area (Å²) in [5, 5.41) is 3.20. The summed E-state index contributed by atoms with van der Waals surface area (Å²) in [7, 11) is -3.97. The fourth-order valence-electron chi connectivity index (χ4n) is 6.25. The lowest BCUT2D eigenvalue weighted by Gasteiger charge is -2.73. The summed E-state index contributed by atoms with van der Waals surface area (Å²) in [4.78, 5) is 17.5. The van der Waals surface area contributed by atoms with Gasteiger partial charge >= 0.3 is 6.18 Å². The first-order chi connectivity index (χ1) is 18.5. The van der Waals surface area contributed by atoms with Gasteiger partial charge in [-0.2, -0.15) is 17.5 Å². The molecule has 40 heavy (non-hydrogen) atoms. The predicted octanol–water partition coefficient (Wildman–Crippen LogP) is 5.90. The Hall–Kier alpha value is -2.50. The topological polar surface area (TPSA) is 78.8 Å². The van der Waals surface area contributed by atoms with Crippen LogP contribution >= 0.6 is 11.6 Å². The molecule has 0 aromatic heterocycles. The van der Waals surface area contributed by atoms with Crippen molar-refractivity contribution in [1.82, 2.24) is 9.62 Å². The fourth-order valence-corrected chi connectivity index (χ4v) is 8.15. The van der Waals surface area contributed by atoms with E-state index in [1.165, 1.54) is 28.6 Å². The molecule has 6 nitrogen and oxygen atoms in total. The zero-order chi connectivity index (χ0) is 29.3. The Morgan fingerprint density at radius 2 is 1.77 bits per heavy atom. The van der Waals surface area contributed by atoms with E-state index in [1.807, 2.05) is 0 Å². The van der Waals surface area contributed by atoms with Gasteiger partial charge in [0.1, 0.15) is 17.7 Å². The molecule has 6 rings (SSSR count). The number of amidine groups is 1. The number of rotatable bonds is 9. The highest BCUT2D eigenvalue weighted by Gasteiger charge is 2.75. The molecule has 4 aliphatic rings. The second-order valence-corrected chi connectivity index (χ2v) is 14.2. The number of hydrogen-bond acceptors (Lipinski definition) is 5. The smallest absolute Gasteiger partial charge is 0.366 e. The number of ketones is 1. The Morgan fingerprint density at radius 1 is 1.15 bits per heavy atom. The van der Waals surface area contributed by atoms with Crippen LogP contribution in [0.25, 0.3) is 0 Å². The quantitative estimate of drug-likeness (QED) is 0.364. The summed E-state index contributed by atoms with van der Waals surface area (Å²) in [5.74, 6) is -2.47. The summed E-state index contributed by atoms with van der Waals surface area (Å²) < 4.78 is 82.5. The van der Waals surface area contributed by atoms with E-state index in [4.69, 9.17) is 11.6 Å². The molecule has 12 heteroatoms. The average Bonchev–Trinajstić information content (AvgIpc) is 3.13. The number of carbonyl (C=O) groups is 1. The van der Waals surface area contributed by atoms with E-state index in [-0.39, 0.29) is 16.5 Å². The van der Waals surface area contributed by atoms with Crippen molar-refractivity contribution in [3.8, 4) is 0 Å². The highest BCUT2D eigenvalue weighted by molar-refractivity contribution is 7.89. The van der Waals surface area contributed by atoms with E-state index in [0.29, 0.717) is 30.7 Å². The molecule has 1 heterocycles. The van der Waals surface area contributed by atoms with Crippen LogP contribution in [0.15, 0.2) is 58.4 Å². The molecule has 2 atom stereocenters.